The molecule has 118 valence electrons. The smallest absolute Gasteiger partial charge is 0.193 e. The number of ketones is 1. The lowest BCUT2D eigenvalue weighted by molar-refractivity contribution is 0.105. The predicted molar refractivity (Wildman–Crippen MR) is 93.8 cm³/mol. The summed E-state index contributed by atoms with van der Waals surface area (Å²) in [6.07, 6.45) is 4.08. The molecule has 0 aliphatic rings. The Bertz CT molecular complexity index is 712. The second kappa shape index (κ2) is 7.65. The number of carbonyl (C=O) groups excluding carboxylic acids is 1. The molecule has 0 fully saturated rings. The number of nitrogens with zero attached hydrogens (tertiary/aromatic N) is 1. The van der Waals surface area contributed by atoms with Gasteiger partial charge in [0.25, 0.3) is 0 Å². The van der Waals surface area contributed by atoms with Gasteiger partial charge in [-0.05, 0) is 37.4 Å². The lowest BCUT2D eigenvalue weighted by Gasteiger charge is -2.06. The number of allylic oxidation sites excluding steroid dienone is 1. The van der Waals surface area contributed by atoms with Crippen LogP contribution in [0.5, 0.6) is 0 Å². The van der Waals surface area contributed by atoms with E-state index < -0.39 is 0 Å². The molecule has 2 rings (SSSR count). The molecule has 0 N–H and O–H groups in total. The van der Waals surface area contributed by atoms with Gasteiger partial charge in [-0.3, -0.25) is 4.79 Å². The lowest BCUT2D eigenvalue weighted by Crippen LogP contribution is -2.10. The molecular weight excluding hydrogens is 289 g/mol. The van der Waals surface area contributed by atoms with Gasteiger partial charge in [0.05, 0.1) is 0 Å². The van der Waals surface area contributed by atoms with Crippen molar-refractivity contribution < 1.29 is 9.18 Å². The van der Waals surface area contributed by atoms with Gasteiger partial charge in [0, 0.05) is 17.7 Å². The first kappa shape index (κ1) is 16.8. The number of halogens is 1. The molecule has 0 unspecified atom stereocenters. The quantitative estimate of drug-likeness (QED) is 0.586. The number of likely N-dealkylation sites (N-methyl/N-ethyl adjacent to an activating group) is 1. The fourth-order valence-corrected chi connectivity index (χ4v) is 2.10. The number of rotatable bonds is 6. The van der Waals surface area contributed by atoms with Crippen LogP contribution in [0.1, 0.15) is 21.5 Å². The van der Waals surface area contributed by atoms with Crippen LogP contribution in [0.25, 0.3) is 11.6 Å². The third kappa shape index (κ3) is 4.73. The summed E-state index contributed by atoms with van der Waals surface area (Å²) in [5.41, 5.74) is 2.60. The third-order valence-electron chi connectivity index (χ3n) is 3.42. The van der Waals surface area contributed by atoms with Crippen LogP contribution in [0, 0.1) is 5.82 Å². The number of Topliss-reactive ketones (excluding diaryl/α,β-unsaturated/α-hetero) is 1. The molecule has 0 spiro atoms. The summed E-state index contributed by atoms with van der Waals surface area (Å²) in [5, 5.41) is 0. The molecule has 0 amide bonds. The Balaban J connectivity index is 2.09. The van der Waals surface area contributed by atoms with Crippen molar-refractivity contribution in [2.75, 3.05) is 20.6 Å². The monoisotopic (exact) mass is 309 g/mol. The summed E-state index contributed by atoms with van der Waals surface area (Å²) in [4.78, 5) is 14.5. The van der Waals surface area contributed by atoms with Crippen LogP contribution in [0.3, 0.4) is 0 Å². The van der Waals surface area contributed by atoms with E-state index in [1.54, 1.807) is 24.3 Å². The number of hydrogen-bond acceptors (Lipinski definition) is 2. The minimum atomic E-state index is -0.331. The van der Waals surface area contributed by atoms with E-state index >= 15 is 0 Å². The van der Waals surface area contributed by atoms with Crippen LogP contribution in [0.2, 0.25) is 0 Å². The van der Waals surface area contributed by atoms with Crippen molar-refractivity contribution >= 4 is 17.4 Å². The fraction of sp³-hybridized carbons (Fsp3) is 0.150. The Kier molecular flexibility index (Phi) is 5.61. The van der Waals surface area contributed by atoms with E-state index in [1.807, 2.05) is 32.3 Å². The maximum absolute atomic E-state index is 12.9. The first-order valence-corrected chi connectivity index (χ1v) is 7.38. The van der Waals surface area contributed by atoms with Crippen LogP contribution < -0.4 is 0 Å². The molecule has 2 aromatic rings. The van der Waals surface area contributed by atoms with Gasteiger partial charge in [0.2, 0.25) is 0 Å². The minimum absolute atomic E-state index is 0.152. The maximum atomic E-state index is 12.9. The summed E-state index contributed by atoms with van der Waals surface area (Å²) in [6.45, 7) is 4.69. The van der Waals surface area contributed by atoms with Crippen molar-refractivity contribution in [3.05, 3.63) is 83.7 Å². The first-order valence-electron chi connectivity index (χ1n) is 7.38. The molecule has 0 radical (unpaired) electrons. The molecule has 0 heterocycles. The Labute approximate surface area is 136 Å². The average molecular weight is 309 g/mol. The van der Waals surface area contributed by atoms with Crippen molar-refractivity contribution in [3.8, 4) is 0 Å². The topological polar surface area (TPSA) is 20.3 Å². The third-order valence-corrected chi connectivity index (χ3v) is 3.42. The summed E-state index contributed by atoms with van der Waals surface area (Å²) in [6, 6.07) is 13.1. The maximum Gasteiger partial charge on any atom is 0.193 e. The molecule has 23 heavy (non-hydrogen) atoms. The normalized spacial score (nSPS) is 11.1. The first-order chi connectivity index (χ1) is 11.0. The van der Waals surface area contributed by atoms with Crippen LogP contribution in [0.4, 0.5) is 4.39 Å². The lowest BCUT2D eigenvalue weighted by atomic mass is 9.97. The Morgan fingerprint density at radius 3 is 2.17 bits per heavy atom. The van der Waals surface area contributed by atoms with Crippen LogP contribution in [0.15, 0.2) is 61.2 Å². The molecule has 0 bridgehead atoms. The van der Waals surface area contributed by atoms with Gasteiger partial charge in [0.1, 0.15) is 5.82 Å². The van der Waals surface area contributed by atoms with E-state index in [1.165, 1.54) is 12.1 Å². The van der Waals surface area contributed by atoms with E-state index in [0.29, 0.717) is 16.7 Å². The summed E-state index contributed by atoms with van der Waals surface area (Å²) in [5.74, 6) is -0.483. The Morgan fingerprint density at radius 1 is 1.04 bits per heavy atom. The van der Waals surface area contributed by atoms with E-state index in [2.05, 4.69) is 17.6 Å². The molecule has 0 aliphatic carbocycles. The molecule has 0 atom stereocenters. The van der Waals surface area contributed by atoms with Crippen LogP contribution in [-0.2, 0) is 0 Å². The number of hydrogen-bond donors (Lipinski definition) is 0. The Hall–Kier alpha value is -2.52. The molecule has 0 saturated heterocycles. The van der Waals surface area contributed by atoms with Gasteiger partial charge in [-0.25, -0.2) is 4.39 Å². The fourth-order valence-electron chi connectivity index (χ4n) is 2.10. The summed E-state index contributed by atoms with van der Waals surface area (Å²) in [7, 11) is 4.01. The average Bonchev–Trinajstić information content (AvgIpc) is 2.54. The van der Waals surface area contributed by atoms with Gasteiger partial charge in [-0.2, -0.15) is 0 Å². The minimum Gasteiger partial charge on any atom is -0.306 e. The summed E-state index contributed by atoms with van der Waals surface area (Å²) < 4.78 is 12.9. The predicted octanol–water partition coefficient (Wildman–Crippen LogP) is 4.30. The largest absolute Gasteiger partial charge is 0.306 e. The van der Waals surface area contributed by atoms with Crippen molar-refractivity contribution in [2.24, 2.45) is 0 Å². The van der Waals surface area contributed by atoms with Crippen LogP contribution >= 0.6 is 0 Å². The van der Waals surface area contributed by atoms with E-state index in [9.17, 15) is 9.18 Å². The molecule has 2 aromatic carbocycles. The van der Waals surface area contributed by atoms with Gasteiger partial charge in [0.15, 0.2) is 5.78 Å². The van der Waals surface area contributed by atoms with Crippen molar-refractivity contribution in [1.82, 2.24) is 4.90 Å². The van der Waals surface area contributed by atoms with Gasteiger partial charge >= 0.3 is 0 Å². The molecule has 0 aliphatic heterocycles. The van der Waals surface area contributed by atoms with Crippen molar-refractivity contribution in [1.29, 1.82) is 0 Å². The molecular formula is C20H20FNO. The summed E-state index contributed by atoms with van der Waals surface area (Å²) >= 11 is 0. The highest BCUT2D eigenvalue weighted by Gasteiger charge is 2.12. The number of carbonyl (C=O) groups is 1. The van der Waals surface area contributed by atoms with Gasteiger partial charge < -0.3 is 4.90 Å². The SMILES string of the molecule is C=C(C(=O)c1ccc(/C=C/CN(C)C)cc1)c1ccc(F)cc1. The van der Waals surface area contributed by atoms with E-state index in [-0.39, 0.29) is 11.6 Å². The molecule has 3 heteroatoms. The molecule has 0 saturated carbocycles. The molecule has 2 nitrogen and oxygen atoms in total. The van der Waals surface area contributed by atoms with Crippen molar-refractivity contribution in [3.63, 3.8) is 0 Å². The zero-order valence-electron chi connectivity index (χ0n) is 13.4. The highest BCUT2D eigenvalue weighted by atomic mass is 19.1. The zero-order chi connectivity index (χ0) is 16.8. The second-order valence-corrected chi connectivity index (χ2v) is 5.60. The zero-order valence-corrected chi connectivity index (χ0v) is 13.4. The molecule has 0 aromatic heterocycles. The number of benzene rings is 2. The second-order valence-electron chi connectivity index (χ2n) is 5.60. The van der Waals surface area contributed by atoms with E-state index in [4.69, 9.17) is 0 Å². The van der Waals surface area contributed by atoms with E-state index in [0.717, 1.165) is 12.1 Å². The highest BCUT2D eigenvalue weighted by Crippen LogP contribution is 2.19. The standard InChI is InChI=1S/C20H20FNO/c1-15(17-10-12-19(21)13-11-17)20(23)18-8-6-16(7-9-18)5-4-14-22(2)3/h4-13H,1,14H2,2-3H3/b5-4+. The van der Waals surface area contributed by atoms with Crippen LogP contribution in [-0.4, -0.2) is 31.3 Å². The van der Waals surface area contributed by atoms with Gasteiger partial charge in [-0.15, -0.1) is 0 Å². The Morgan fingerprint density at radius 2 is 1.61 bits per heavy atom. The van der Waals surface area contributed by atoms with Crippen molar-refractivity contribution in [2.45, 2.75) is 0 Å². The van der Waals surface area contributed by atoms with Gasteiger partial charge in [-0.1, -0.05) is 55.1 Å². The highest BCUT2D eigenvalue weighted by molar-refractivity contribution is 6.28.